The van der Waals surface area contributed by atoms with Crippen LogP contribution in [0.4, 0.5) is 5.69 Å². The minimum atomic E-state index is -3.47. The maximum Gasteiger partial charge on any atom is 0.281 e. The molecule has 162 valence electrons. The highest BCUT2D eigenvalue weighted by molar-refractivity contribution is 7.86. The van der Waals surface area contributed by atoms with E-state index in [9.17, 15) is 13.2 Å². The first kappa shape index (κ1) is 22.1. The van der Waals surface area contributed by atoms with Crippen molar-refractivity contribution < 1.29 is 13.2 Å². The smallest absolute Gasteiger partial charge is 0.281 e. The van der Waals surface area contributed by atoms with Gasteiger partial charge in [0.1, 0.15) is 0 Å². The van der Waals surface area contributed by atoms with E-state index in [1.165, 1.54) is 41.2 Å². The first-order chi connectivity index (χ1) is 13.8. The first-order valence-corrected chi connectivity index (χ1v) is 12.0. The van der Waals surface area contributed by atoms with E-state index in [1.54, 1.807) is 0 Å². The van der Waals surface area contributed by atoms with Crippen LogP contribution in [0.3, 0.4) is 0 Å². The molecule has 2 aliphatic heterocycles. The third kappa shape index (κ3) is 5.49. The van der Waals surface area contributed by atoms with Gasteiger partial charge >= 0.3 is 0 Å². The number of rotatable bonds is 6. The van der Waals surface area contributed by atoms with Gasteiger partial charge in [0, 0.05) is 52.5 Å². The summed E-state index contributed by atoms with van der Waals surface area (Å²) >= 11 is 0. The maximum atomic E-state index is 12.6. The van der Waals surface area contributed by atoms with E-state index in [0.29, 0.717) is 19.5 Å². The lowest BCUT2D eigenvalue weighted by molar-refractivity contribution is -0.126. The number of amides is 1. The van der Waals surface area contributed by atoms with E-state index >= 15 is 0 Å². The Bertz CT molecular complexity index is 795. The topological polar surface area (TPSA) is 73.0 Å². The molecule has 0 bridgehead atoms. The van der Waals surface area contributed by atoms with Crippen LogP contribution in [0.1, 0.15) is 38.2 Å². The van der Waals surface area contributed by atoms with Gasteiger partial charge in [-0.15, -0.1) is 0 Å². The van der Waals surface area contributed by atoms with Gasteiger partial charge in [-0.1, -0.05) is 19.1 Å². The third-order valence-electron chi connectivity index (χ3n) is 5.97. The second kappa shape index (κ2) is 9.45. The van der Waals surface area contributed by atoms with E-state index in [-0.39, 0.29) is 18.4 Å². The fourth-order valence-corrected chi connectivity index (χ4v) is 5.37. The van der Waals surface area contributed by atoms with Gasteiger partial charge < -0.3 is 10.2 Å². The Hall–Kier alpha value is -1.64. The van der Waals surface area contributed by atoms with Gasteiger partial charge in [0.2, 0.25) is 5.91 Å². The summed E-state index contributed by atoms with van der Waals surface area (Å²) in [5.74, 6) is 0.360. The standard InChI is InChI=1S/C21H34N4O3S/c1-17-6-4-12-24(15-17)20-10-8-18(9-11-20)14-22-21(26)19-7-5-13-25(16-19)29(27,28)23(2)3/h8-11,17,19H,4-7,12-16H2,1-3H3,(H,22,26)/t17-,19-/m1/s1. The molecule has 0 unspecified atom stereocenters. The molecule has 1 amide bonds. The average Bonchev–Trinajstić information content (AvgIpc) is 2.72. The van der Waals surface area contributed by atoms with Crippen molar-refractivity contribution in [3.8, 4) is 0 Å². The van der Waals surface area contributed by atoms with Crippen LogP contribution in [0.2, 0.25) is 0 Å². The normalized spacial score (nSPS) is 23.9. The largest absolute Gasteiger partial charge is 0.371 e. The van der Waals surface area contributed by atoms with Crippen LogP contribution in [-0.4, -0.2) is 63.2 Å². The Morgan fingerprint density at radius 2 is 1.79 bits per heavy atom. The van der Waals surface area contributed by atoms with Gasteiger partial charge in [0.25, 0.3) is 10.2 Å². The van der Waals surface area contributed by atoms with Crippen LogP contribution in [0, 0.1) is 11.8 Å². The molecule has 2 atom stereocenters. The fraction of sp³-hybridized carbons (Fsp3) is 0.667. The second-order valence-corrected chi connectivity index (χ2v) is 10.7. The first-order valence-electron chi connectivity index (χ1n) is 10.6. The molecule has 2 heterocycles. The predicted octanol–water partition coefficient (Wildman–Crippen LogP) is 2.06. The Morgan fingerprint density at radius 3 is 2.45 bits per heavy atom. The number of carbonyl (C=O) groups excluding carboxylic acids is 1. The molecule has 7 nitrogen and oxygen atoms in total. The van der Waals surface area contributed by atoms with Crippen LogP contribution in [-0.2, 0) is 21.5 Å². The molecule has 1 aromatic rings. The van der Waals surface area contributed by atoms with Crippen molar-refractivity contribution in [2.45, 2.75) is 39.2 Å². The summed E-state index contributed by atoms with van der Waals surface area (Å²) in [6, 6.07) is 8.40. The summed E-state index contributed by atoms with van der Waals surface area (Å²) in [5.41, 5.74) is 2.30. The number of anilines is 1. The van der Waals surface area contributed by atoms with Crippen molar-refractivity contribution >= 4 is 21.8 Å². The Morgan fingerprint density at radius 1 is 1.10 bits per heavy atom. The third-order valence-corrected chi connectivity index (χ3v) is 7.87. The lowest BCUT2D eigenvalue weighted by atomic mass is 9.98. The maximum absolute atomic E-state index is 12.6. The van der Waals surface area contributed by atoms with Gasteiger partial charge in [-0.05, 0) is 49.3 Å². The zero-order valence-corrected chi connectivity index (χ0v) is 18.6. The number of benzene rings is 1. The highest BCUT2D eigenvalue weighted by Gasteiger charge is 2.33. The molecular weight excluding hydrogens is 388 g/mol. The zero-order chi connectivity index (χ0) is 21.0. The quantitative estimate of drug-likeness (QED) is 0.762. The van der Waals surface area contributed by atoms with E-state index < -0.39 is 10.2 Å². The lowest BCUT2D eigenvalue weighted by Gasteiger charge is -2.33. The summed E-state index contributed by atoms with van der Waals surface area (Å²) in [4.78, 5) is 15.0. The molecule has 0 radical (unpaired) electrons. The minimum absolute atomic E-state index is 0.0717. The van der Waals surface area contributed by atoms with Crippen LogP contribution in [0.25, 0.3) is 0 Å². The van der Waals surface area contributed by atoms with Gasteiger partial charge in [-0.2, -0.15) is 17.0 Å². The van der Waals surface area contributed by atoms with Gasteiger partial charge in [-0.3, -0.25) is 4.79 Å². The Balaban J connectivity index is 1.52. The van der Waals surface area contributed by atoms with Crippen molar-refractivity contribution in [3.05, 3.63) is 29.8 Å². The molecule has 0 saturated carbocycles. The van der Waals surface area contributed by atoms with Crippen molar-refractivity contribution in [3.63, 3.8) is 0 Å². The molecule has 0 aliphatic carbocycles. The molecule has 2 aliphatic rings. The molecule has 8 heteroatoms. The summed E-state index contributed by atoms with van der Waals surface area (Å²) in [5, 5.41) is 2.99. The van der Waals surface area contributed by atoms with E-state index in [1.807, 2.05) is 0 Å². The monoisotopic (exact) mass is 422 g/mol. The molecule has 0 spiro atoms. The fourth-order valence-electron chi connectivity index (χ4n) is 4.18. The molecule has 3 rings (SSSR count). The highest BCUT2D eigenvalue weighted by Crippen LogP contribution is 2.24. The van der Waals surface area contributed by atoms with Crippen molar-refractivity contribution in [1.82, 2.24) is 13.9 Å². The number of piperidine rings is 2. The molecule has 2 fully saturated rings. The molecule has 1 N–H and O–H groups in total. The molecule has 0 aromatic heterocycles. The summed E-state index contributed by atoms with van der Waals surface area (Å²) < 4.78 is 27.3. The van der Waals surface area contributed by atoms with Gasteiger partial charge in [-0.25, -0.2) is 0 Å². The number of nitrogens with one attached hydrogen (secondary N) is 1. The SMILES string of the molecule is C[C@@H]1CCCN(c2ccc(CNC(=O)[C@@H]3CCCN(S(=O)(=O)N(C)C)C3)cc2)C1. The van der Waals surface area contributed by atoms with Crippen LogP contribution >= 0.6 is 0 Å². The average molecular weight is 423 g/mol. The molecule has 2 saturated heterocycles. The summed E-state index contributed by atoms with van der Waals surface area (Å²) in [7, 11) is -0.429. The number of nitrogens with zero attached hydrogens (tertiary/aromatic N) is 3. The van der Waals surface area contributed by atoms with Crippen LogP contribution in [0.5, 0.6) is 0 Å². The number of hydrogen-bond acceptors (Lipinski definition) is 4. The van der Waals surface area contributed by atoms with E-state index in [4.69, 9.17) is 0 Å². The predicted molar refractivity (Wildman–Crippen MR) is 116 cm³/mol. The minimum Gasteiger partial charge on any atom is -0.371 e. The van der Waals surface area contributed by atoms with E-state index in [2.05, 4.69) is 41.4 Å². The van der Waals surface area contributed by atoms with Crippen molar-refractivity contribution in [1.29, 1.82) is 0 Å². The molecule has 1 aromatic carbocycles. The van der Waals surface area contributed by atoms with E-state index in [0.717, 1.165) is 31.0 Å². The van der Waals surface area contributed by atoms with Crippen LogP contribution < -0.4 is 10.2 Å². The number of hydrogen-bond donors (Lipinski definition) is 1. The second-order valence-electron chi connectivity index (χ2n) is 8.57. The van der Waals surface area contributed by atoms with Crippen molar-refractivity contribution in [2.75, 3.05) is 45.2 Å². The Kier molecular flexibility index (Phi) is 7.19. The Labute approximate surface area is 175 Å². The van der Waals surface area contributed by atoms with Gasteiger partial charge in [0.05, 0.1) is 5.92 Å². The molecule has 29 heavy (non-hydrogen) atoms. The number of carbonyl (C=O) groups is 1. The highest BCUT2D eigenvalue weighted by atomic mass is 32.2. The van der Waals surface area contributed by atoms with Crippen molar-refractivity contribution in [2.24, 2.45) is 11.8 Å². The van der Waals surface area contributed by atoms with Gasteiger partial charge in [0.15, 0.2) is 0 Å². The molecular formula is C21H34N4O3S. The van der Waals surface area contributed by atoms with Crippen LogP contribution in [0.15, 0.2) is 24.3 Å². The summed E-state index contributed by atoms with van der Waals surface area (Å²) in [6.45, 7) is 5.69. The zero-order valence-electron chi connectivity index (χ0n) is 17.8. The lowest BCUT2D eigenvalue weighted by Crippen LogP contribution is -2.48. The summed E-state index contributed by atoms with van der Waals surface area (Å²) in [6.07, 6.45) is 3.96.